The van der Waals surface area contributed by atoms with Gasteiger partial charge in [0, 0.05) is 29.2 Å². The van der Waals surface area contributed by atoms with Crippen molar-refractivity contribution >= 4 is 28.9 Å². The highest BCUT2D eigenvalue weighted by molar-refractivity contribution is 6.35. The van der Waals surface area contributed by atoms with Gasteiger partial charge in [0.1, 0.15) is 0 Å². The number of nitrogens with zero attached hydrogens (tertiary/aromatic N) is 2. The van der Waals surface area contributed by atoms with Crippen LogP contribution in [0.15, 0.2) is 35.3 Å². The first kappa shape index (κ1) is 14.8. The first-order valence-corrected chi connectivity index (χ1v) is 6.81. The Kier molecular flexibility index (Phi) is 5.00. The molecule has 1 aromatic carbocycles. The third-order valence-corrected chi connectivity index (χ3v) is 3.27. The van der Waals surface area contributed by atoms with E-state index in [-0.39, 0.29) is 5.56 Å². The molecule has 0 saturated heterocycles. The molecule has 20 heavy (non-hydrogen) atoms. The molecule has 0 amide bonds. The fourth-order valence-corrected chi connectivity index (χ4v) is 2.15. The normalized spacial score (nSPS) is 10.6. The fourth-order valence-electron chi connectivity index (χ4n) is 1.68. The summed E-state index contributed by atoms with van der Waals surface area (Å²) in [7, 11) is 0. The Labute approximate surface area is 126 Å². The van der Waals surface area contributed by atoms with Crippen LogP contribution in [0.4, 0.5) is 5.69 Å². The number of rotatable bonds is 5. The number of anilines is 1. The molecule has 0 aliphatic rings. The second-order valence-electron chi connectivity index (χ2n) is 4.19. The van der Waals surface area contributed by atoms with Gasteiger partial charge in [-0.25, -0.2) is 4.68 Å². The smallest absolute Gasteiger partial charge is 0.269 e. The van der Waals surface area contributed by atoms with Crippen LogP contribution in [-0.4, -0.2) is 22.9 Å². The monoisotopic (exact) mass is 312 g/mol. The van der Waals surface area contributed by atoms with Crippen molar-refractivity contribution in [3.8, 4) is 0 Å². The average molecular weight is 313 g/mol. The van der Waals surface area contributed by atoms with Gasteiger partial charge in [0.2, 0.25) is 0 Å². The van der Waals surface area contributed by atoms with Crippen LogP contribution in [0.2, 0.25) is 10.0 Å². The summed E-state index contributed by atoms with van der Waals surface area (Å²) < 4.78 is 1.34. The molecule has 0 radical (unpaired) electrons. The van der Waals surface area contributed by atoms with Crippen LogP contribution in [0.3, 0.4) is 0 Å². The van der Waals surface area contributed by atoms with E-state index in [2.05, 4.69) is 10.4 Å². The second-order valence-corrected chi connectivity index (χ2v) is 5.03. The maximum absolute atomic E-state index is 11.9. The van der Waals surface area contributed by atoms with Crippen LogP contribution in [0.1, 0.15) is 5.56 Å². The largest absolute Gasteiger partial charge is 0.382 e. The molecule has 106 valence electrons. The van der Waals surface area contributed by atoms with Gasteiger partial charge in [-0.1, -0.05) is 29.3 Å². The van der Waals surface area contributed by atoms with Crippen molar-refractivity contribution in [1.29, 1.82) is 0 Å². The Morgan fingerprint density at radius 1 is 1.30 bits per heavy atom. The molecule has 0 bridgehead atoms. The van der Waals surface area contributed by atoms with Gasteiger partial charge < -0.3 is 11.1 Å². The van der Waals surface area contributed by atoms with Crippen LogP contribution >= 0.6 is 23.2 Å². The maximum atomic E-state index is 11.9. The highest BCUT2D eigenvalue weighted by atomic mass is 35.5. The average Bonchev–Trinajstić information content (AvgIpc) is 2.42. The van der Waals surface area contributed by atoms with Gasteiger partial charge in [0.05, 0.1) is 18.4 Å². The minimum Gasteiger partial charge on any atom is -0.382 e. The maximum Gasteiger partial charge on any atom is 0.269 e. The molecule has 0 atom stereocenters. The van der Waals surface area contributed by atoms with Crippen LogP contribution in [0.25, 0.3) is 0 Å². The van der Waals surface area contributed by atoms with Gasteiger partial charge in [0.25, 0.3) is 5.56 Å². The van der Waals surface area contributed by atoms with Crippen molar-refractivity contribution in [2.75, 3.05) is 18.4 Å². The SMILES string of the molecule is NCCNc1cnn(Cc2ccc(Cl)cc2Cl)c(=O)c1. The lowest BCUT2D eigenvalue weighted by Crippen LogP contribution is -2.24. The van der Waals surface area contributed by atoms with E-state index in [9.17, 15) is 4.79 Å². The second kappa shape index (κ2) is 6.74. The molecule has 5 nitrogen and oxygen atoms in total. The predicted molar refractivity (Wildman–Crippen MR) is 81.6 cm³/mol. The molecule has 0 unspecified atom stereocenters. The Bertz CT molecular complexity index is 657. The summed E-state index contributed by atoms with van der Waals surface area (Å²) in [4.78, 5) is 11.9. The quantitative estimate of drug-likeness (QED) is 0.885. The summed E-state index contributed by atoms with van der Waals surface area (Å²) in [6.07, 6.45) is 1.58. The van der Waals surface area contributed by atoms with E-state index < -0.39 is 0 Å². The molecular weight excluding hydrogens is 299 g/mol. The van der Waals surface area contributed by atoms with E-state index >= 15 is 0 Å². The summed E-state index contributed by atoms with van der Waals surface area (Å²) in [6.45, 7) is 1.38. The summed E-state index contributed by atoms with van der Waals surface area (Å²) in [5.41, 5.74) is 6.61. The van der Waals surface area contributed by atoms with E-state index in [1.54, 1.807) is 24.4 Å². The zero-order valence-electron chi connectivity index (χ0n) is 10.6. The van der Waals surface area contributed by atoms with E-state index in [1.807, 2.05) is 0 Å². The van der Waals surface area contributed by atoms with Crippen LogP contribution < -0.4 is 16.6 Å². The van der Waals surface area contributed by atoms with E-state index in [0.717, 1.165) is 5.56 Å². The Balaban J connectivity index is 2.19. The fraction of sp³-hybridized carbons (Fsp3) is 0.231. The standard InChI is InChI=1S/C13H14Cl2N4O/c14-10-2-1-9(12(15)5-10)8-19-13(20)6-11(7-18-19)17-4-3-16/h1-2,5-7,17H,3-4,8,16H2. The molecule has 2 rings (SSSR count). The topological polar surface area (TPSA) is 72.9 Å². The number of benzene rings is 1. The Morgan fingerprint density at radius 3 is 2.75 bits per heavy atom. The Hall–Kier alpha value is -1.56. The highest BCUT2D eigenvalue weighted by Crippen LogP contribution is 2.21. The third kappa shape index (κ3) is 3.72. The van der Waals surface area contributed by atoms with Gasteiger partial charge in [-0.05, 0) is 17.7 Å². The zero-order valence-corrected chi connectivity index (χ0v) is 12.2. The van der Waals surface area contributed by atoms with Gasteiger partial charge in [-0.2, -0.15) is 5.10 Å². The molecule has 0 aliphatic carbocycles. The number of nitrogens with one attached hydrogen (secondary N) is 1. The van der Waals surface area contributed by atoms with Crippen molar-refractivity contribution in [2.45, 2.75) is 6.54 Å². The number of aromatic nitrogens is 2. The first-order valence-electron chi connectivity index (χ1n) is 6.05. The van der Waals surface area contributed by atoms with Gasteiger partial charge >= 0.3 is 0 Å². The molecule has 1 heterocycles. The number of hydrogen-bond donors (Lipinski definition) is 2. The predicted octanol–water partition coefficient (Wildman–Crippen LogP) is 1.97. The van der Waals surface area contributed by atoms with Gasteiger partial charge in [-0.3, -0.25) is 4.79 Å². The highest BCUT2D eigenvalue weighted by Gasteiger charge is 2.05. The molecule has 3 N–H and O–H groups in total. The lowest BCUT2D eigenvalue weighted by atomic mass is 10.2. The van der Waals surface area contributed by atoms with Crippen molar-refractivity contribution in [1.82, 2.24) is 9.78 Å². The minimum atomic E-state index is -0.210. The van der Waals surface area contributed by atoms with Crippen LogP contribution in [-0.2, 0) is 6.54 Å². The summed E-state index contributed by atoms with van der Waals surface area (Å²) in [5, 5.41) is 8.17. The molecular formula is C13H14Cl2N4O. The third-order valence-electron chi connectivity index (χ3n) is 2.68. The van der Waals surface area contributed by atoms with Gasteiger partial charge in [0.15, 0.2) is 0 Å². The van der Waals surface area contributed by atoms with Gasteiger partial charge in [-0.15, -0.1) is 0 Å². The van der Waals surface area contributed by atoms with Crippen molar-refractivity contribution < 1.29 is 0 Å². The molecule has 7 heteroatoms. The molecule has 2 aromatic rings. The number of nitrogens with two attached hydrogens (primary N) is 1. The molecule has 1 aromatic heterocycles. The Morgan fingerprint density at radius 2 is 2.10 bits per heavy atom. The molecule has 0 saturated carbocycles. The van der Waals surface area contributed by atoms with E-state index in [1.165, 1.54) is 10.7 Å². The number of hydrogen-bond acceptors (Lipinski definition) is 4. The summed E-state index contributed by atoms with van der Waals surface area (Å²) >= 11 is 11.9. The molecule has 0 spiro atoms. The van der Waals surface area contributed by atoms with E-state index in [0.29, 0.717) is 35.4 Å². The summed E-state index contributed by atoms with van der Waals surface area (Å²) in [6, 6.07) is 6.62. The van der Waals surface area contributed by atoms with Crippen LogP contribution in [0.5, 0.6) is 0 Å². The first-order chi connectivity index (χ1) is 9.60. The molecule has 0 fully saturated rings. The summed E-state index contributed by atoms with van der Waals surface area (Å²) in [5.74, 6) is 0. The zero-order chi connectivity index (χ0) is 14.5. The van der Waals surface area contributed by atoms with E-state index in [4.69, 9.17) is 28.9 Å². The van der Waals surface area contributed by atoms with Crippen molar-refractivity contribution in [3.05, 3.63) is 56.4 Å². The van der Waals surface area contributed by atoms with Crippen molar-refractivity contribution in [2.24, 2.45) is 5.73 Å². The molecule has 0 aliphatic heterocycles. The number of halogens is 2. The lowest BCUT2D eigenvalue weighted by Gasteiger charge is -2.08. The minimum absolute atomic E-state index is 0.210. The lowest BCUT2D eigenvalue weighted by molar-refractivity contribution is 0.639. The van der Waals surface area contributed by atoms with Crippen LogP contribution in [0, 0.1) is 0 Å². The van der Waals surface area contributed by atoms with Crippen molar-refractivity contribution in [3.63, 3.8) is 0 Å².